The van der Waals surface area contributed by atoms with Crippen molar-refractivity contribution in [2.45, 2.75) is 19.3 Å². The first-order valence-corrected chi connectivity index (χ1v) is 7.61. The lowest BCUT2D eigenvalue weighted by molar-refractivity contribution is 0.748. The van der Waals surface area contributed by atoms with E-state index in [2.05, 4.69) is 46.8 Å². The summed E-state index contributed by atoms with van der Waals surface area (Å²) in [6, 6.07) is 12.8. The molecule has 3 N–H and O–H groups in total. The average molecular weight is 270 g/mol. The van der Waals surface area contributed by atoms with Crippen LogP contribution in [0.3, 0.4) is 0 Å². The van der Waals surface area contributed by atoms with Crippen molar-refractivity contribution >= 4 is 22.2 Å². The van der Waals surface area contributed by atoms with Crippen molar-refractivity contribution in [3.8, 4) is 10.6 Å². The molecule has 3 heteroatoms. The maximum absolute atomic E-state index is 5.61. The molecule has 3 rings (SSSR count). The molecule has 0 spiro atoms. The fourth-order valence-electron chi connectivity index (χ4n) is 2.54. The van der Waals surface area contributed by atoms with Crippen molar-refractivity contribution in [1.29, 1.82) is 0 Å². The predicted octanol–water partition coefficient (Wildman–Crippen LogP) is 4.18. The lowest BCUT2D eigenvalue weighted by atomic mass is 10.0. The third-order valence-corrected chi connectivity index (χ3v) is 4.35. The number of aromatic amines is 1. The third-order valence-electron chi connectivity index (χ3n) is 3.46. The van der Waals surface area contributed by atoms with Crippen molar-refractivity contribution in [3.63, 3.8) is 0 Å². The number of para-hydroxylation sites is 1. The number of thiophene rings is 1. The first-order valence-electron chi connectivity index (χ1n) is 6.73. The number of H-pyrrole nitrogens is 1. The Balaban J connectivity index is 2.06. The molecule has 0 aliphatic rings. The van der Waals surface area contributed by atoms with E-state index in [1.165, 1.54) is 27.0 Å². The molecule has 0 aliphatic heterocycles. The SMILES string of the molecule is NCCCCc1c(-c2cccs2)[nH]c2ccccc12. The Bertz CT molecular complexity index is 653. The van der Waals surface area contributed by atoms with E-state index in [-0.39, 0.29) is 0 Å². The van der Waals surface area contributed by atoms with Crippen molar-refractivity contribution in [2.24, 2.45) is 5.73 Å². The summed E-state index contributed by atoms with van der Waals surface area (Å²) in [4.78, 5) is 4.89. The number of nitrogens with one attached hydrogen (secondary N) is 1. The molecule has 3 aromatic rings. The quantitative estimate of drug-likeness (QED) is 0.671. The van der Waals surface area contributed by atoms with E-state index in [9.17, 15) is 0 Å². The zero-order chi connectivity index (χ0) is 13.1. The smallest absolute Gasteiger partial charge is 0.0598 e. The van der Waals surface area contributed by atoms with Crippen LogP contribution >= 0.6 is 11.3 Å². The van der Waals surface area contributed by atoms with Crippen LogP contribution in [0, 0.1) is 0 Å². The van der Waals surface area contributed by atoms with Gasteiger partial charge in [-0.1, -0.05) is 24.3 Å². The summed E-state index contributed by atoms with van der Waals surface area (Å²) in [5, 5.41) is 3.48. The van der Waals surface area contributed by atoms with E-state index in [0.717, 1.165) is 25.8 Å². The topological polar surface area (TPSA) is 41.8 Å². The summed E-state index contributed by atoms with van der Waals surface area (Å²) in [5.41, 5.74) is 9.56. The summed E-state index contributed by atoms with van der Waals surface area (Å²) < 4.78 is 0. The number of aryl methyl sites for hydroxylation is 1. The van der Waals surface area contributed by atoms with Crippen LogP contribution in [0.4, 0.5) is 0 Å². The molecule has 0 unspecified atom stereocenters. The van der Waals surface area contributed by atoms with Gasteiger partial charge in [-0.2, -0.15) is 0 Å². The first-order chi connectivity index (χ1) is 9.40. The number of aromatic nitrogens is 1. The highest BCUT2D eigenvalue weighted by Crippen LogP contribution is 2.33. The minimum Gasteiger partial charge on any atom is -0.354 e. The van der Waals surface area contributed by atoms with Crippen LogP contribution in [0.5, 0.6) is 0 Å². The summed E-state index contributed by atoms with van der Waals surface area (Å²) in [6.45, 7) is 0.774. The van der Waals surface area contributed by atoms with Gasteiger partial charge in [0.05, 0.1) is 10.6 Å². The average Bonchev–Trinajstić information content (AvgIpc) is 3.06. The molecule has 1 aromatic carbocycles. The monoisotopic (exact) mass is 270 g/mol. The summed E-state index contributed by atoms with van der Waals surface area (Å²) in [7, 11) is 0. The number of rotatable bonds is 5. The second-order valence-corrected chi connectivity index (χ2v) is 5.69. The molecule has 0 atom stereocenters. The Kier molecular flexibility index (Phi) is 3.67. The number of benzene rings is 1. The highest BCUT2D eigenvalue weighted by atomic mass is 32.1. The standard InChI is InChI=1S/C16H18N2S/c17-10-4-3-7-13-12-6-1-2-8-14(12)18-16(13)15-9-5-11-19-15/h1-2,5-6,8-9,11,18H,3-4,7,10,17H2. The molecule has 0 aliphatic carbocycles. The molecule has 98 valence electrons. The van der Waals surface area contributed by atoms with Gasteiger partial charge in [0.15, 0.2) is 0 Å². The van der Waals surface area contributed by atoms with E-state index in [1.54, 1.807) is 11.3 Å². The van der Waals surface area contributed by atoms with E-state index in [4.69, 9.17) is 5.73 Å². The molecule has 0 fully saturated rings. The molecule has 0 saturated carbocycles. The number of nitrogens with two attached hydrogens (primary N) is 1. The maximum atomic E-state index is 5.61. The van der Waals surface area contributed by atoms with Gasteiger partial charge in [-0.3, -0.25) is 0 Å². The van der Waals surface area contributed by atoms with E-state index in [0.29, 0.717) is 0 Å². The van der Waals surface area contributed by atoms with Crippen LogP contribution < -0.4 is 5.73 Å². The van der Waals surface area contributed by atoms with Crippen LogP contribution in [0.15, 0.2) is 41.8 Å². The minimum atomic E-state index is 0.774. The molecule has 2 nitrogen and oxygen atoms in total. The number of hydrogen-bond acceptors (Lipinski definition) is 2. The summed E-state index contributed by atoms with van der Waals surface area (Å²) >= 11 is 1.79. The molecular weight excluding hydrogens is 252 g/mol. The molecule has 0 amide bonds. The minimum absolute atomic E-state index is 0.774. The zero-order valence-electron chi connectivity index (χ0n) is 10.9. The van der Waals surface area contributed by atoms with Gasteiger partial charge in [0.2, 0.25) is 0 Å². The highest BCUT2D eigenvalue weighted by Gasteiger charge is 2.12. The van der Waals surface area contributed by atoms with Gasteiger partial charge < -0.3 is 10.7 Å². The van der Waals surface area contributed by atoms with Gasteiger partial charge in [-0.05, 0) is 48.9 Å². The molecule has 19 heavy (non-hydrogen) atoms. The Labute approximate surface area is 117 Å². The van der Waals surface area contributed by atoms with Crippen LogP contribution in [0.2, 0.25) is 0 Å². The second kappa shape index (κ2) is 5.59. The van der Waals surface area contributed by atoms with E-state index >= 15 is 0 Å². The van der Waals surface area contributed by atoms with Gasteiger partial charge in [0.1, 0.15) is 0 Å². The fraction of sp³-hybridized carbons (Fsp3) is 0.250. The molecule has 2 aromatic heterocycles. The van der Waals surface area contributed by atoms with Crippen LogP contribution in [0.1, 0.15) is 18.4 Å². The molecule has 2 heterocycles. The van der Waals surface area contributed by atoms with Crippen molar-refractivity contribution < 1.29 is 0 Å². The molecule has 0 radical (unpaired) electrons. The van der Waals surface area contributed by atoms with Crippen molar-refractivity contribution in [2.75, 3.05) is 6.54 Å². The first kappa shape index (κ1) is 12.5. The fourth-order valence-corrected chi connectivity index (χ4v) is 3.29. The van der Waals surface area contributed by atoms with Gasteiger partial charge >= 0.3 is 0 Å². The summed E-state index contributed by atoms with van der Waals surface area (Å²) in [5.74, 6) is 0. The number of unbranched alkanes of at least 4 members (excludes halogenated alkanes) is 1. The van der Waals surface area contributed by atoms with Crippen LogP contribution in [0.25, 0.3) is 21.5 Å². The lowest BCUT2D eigenvalue weighted by Gasteiger charge is -2.03. The largest absolute Gasteiger partial charge is 0.354 e. The highest BCUT2D eigenvalue weighted by molar-refractivity contribution is 7.13. The van der Waals surface area contributed by atoms with E-state index < -0.39 is 0 Å². The van der Waals surface area contributed by atoms with Gasteiger partial charge in [-0.25, -0.2) is 0 Å². The van der Waals surface area contributed by atoms with Crippen molar-refractivity contribution in [1.82, 2.24) is 4.98 Å². The zero-order valence-corrected chi connectivity index (χ0v) is 11.7. The Hall–Kier alpha value is -1.58. The lowest BCUT2D eigenvalue weighted by Crippen LogP contribution is -1.99. The number of fused-ring (bicyclic) bond motifs is 1. The Morgan fingerprint density at radius 3 is 2.74 bits per heavy atom. The van der Waals surface area contributed by atoms with Crippen LogP contribution in [-0.2, 0) is 6.42 Å². The van der Waals surface area contributed by atoms with Gasteiger partial charge in [-0.15, -0.1) is 11.3 Å². The second-order valence-electron chi connectivity index (χ2n) is 4.75. The Morgan fingerprint density at radius 2 is 1.95 bits per heavy atom. The normalized spacial score (nSPS) is 11.2. The van der Waals surface area contributed by atoms with Gasteiger partial charge in [0.25, 0.3) is 0 Å². The Morgan fingerprint density at radius 1 is 1.05 bits per heavy atom. The van der Waals surface area contributed by atoms with Crippen LogP contribution in [-0.4, -0.2) is 11.5 Å². The number of hydrogen-bond donors (Lipinski definition) is 2. The predicted molar refractivity (Wildman–Crippen MR) is 83.6 cm³/mol. The maximum Gasteiger partial charge on any atom is 0.0598 e. The summed E-state index contributed by atoms with van der Waals surface area (Å²) in [6.07, 6.45) is 3.33. The van der Waals surface area contributed by atoms with E-state index in [1.807, 2.05) is 0 Å². The van der Waals surface area contributed by atoms with Crippen molar-refractivity contribution in [3.05, 3.63) is 47.3 Å². The molecule has 0 bridgehead atoms. The van der Waals surface area contributed by atoms with Gasteiger partial charge in [0, 0.05) is 10.9 Å². The third kappa shape index (κ3) is 2.44. The molecular formula is C16H18N2S. The molecule has 0 saturated heterocycles.